The molecule has 1 nitrogen and oxygen atoms in total. The predicted molar refractivity (Wildman–Crippen MR) is 194 cm³/mol. The molecule has 0 spiro atoms. The molecule has 8 aromatic carbocycles. The van der Waals surface area contributed by atoms with Crippen molar-refractivity contribution in [2.45, 2.75) is 6.42 Å². The van der Waals surface area contributed by atoms with E-state index in [1.54, 1.807) is 12.1 Å². The highest BCUT2D eigenvalue weighted by molar-refractivity contribution is 6.15. The molecule has 0 saturated heterocycles. The van der Waals surface area contributed by atoms with Crippen molar-refractivity contribution in [2.24, 2.45) is 0 Å². The second kappa shape index (κ2) is 10.9. The van der Waals surface area contributed by atoms with Gasteiger partial charge in [-0.25, -0.2) is 0 Å². The van der Waals surface area contributed by atoms with Crippen molar-refractivity contribution in [1.82, 2.24) is 0 Å². The molecule has 1 aromatic heterocycles. The Morgan fingerprint density at radius 3 is 1.80 bits per heavy atom. The number of furan rings is 1. The molecule has 0 amide bonds. The van der Waals surface area contributed by atoms with E-state index < -0.39 is 85.0 Å². The summed E-state index contributed by atoms with van der Waals surface area (Å²) in [6.45, 7) is 0. The summed E-state index contributed by atoms with van der Waals surface area (Å²) in [7, 11) is 0. The van der Waals surface area contributed by atoms with E-state index in [0.29, 0.717) is 11.1 Å². The highest BCUT2D eigenvalue weighted by Gasteiger charge is 2.16. The summed E-state index contributed by atoms with van der Waals surface area (Å²) < 4.78 is 120. The first-order valence-corrected chi connectivity index (χ1v) is 14.8. The zero-order chi connectivity index (χ0) is 41.8. The van der Waals surface area contributed by atoms with Gasteiger partial charge in [0.05, 0.1) is 17.8 Å². The highest BCUT2D eigenvalue weighted by Crippen LogP contribution is 2.41. The number of rotatable bonds is 5. The van der Waals surface area contributed by atoms with Crippen LogP contribution in [0.1, 0.15) is 28.9 Å². The van der Waals surface area contributed by atoms with E-state index in [1.165, 1.54) is 0 Å². The van der Waals surface area contributed by atoms with Crippen LogP contribution in [0, 0.1) is 0 Å². The van der Waals surface area contributed by atoms with Gasteiger partial charge in [-0.2, -0.15) is 0 Å². The number of benzene rings is 8. The minimum Gasteiger partial charge on any atom is -0.455 e. The van der Waals surface area contributed by atoms with Crippen molar-refractivity contribution in [3.8, 4) is 33.4 Å². The van der Waals surface area contributed by atoms with Crippen LogP contribution in [-0.4, -0.2) is 0 Å². The quantitative estimate of drug-likeness (QED) is 0.179. The van der Waals surface area contributed by atoms with E-state index >= 15 is 0 Å². The lowest BCUT2D eigenvalue weighted by molar-refractivity contribution is 0.670. The zero-order valence-electron chi connectivity index (χ0n) is 37.3. The second-order valence-corrected chi connectivity index (χ2v) is 11.1. The molecule has 0 aliphatic heterocycles. The van der Waals surface area contributed by atoms with Crippen molar-refractivity contribution in [2.75, 3.05) is 0 Å². The van der Waals surface area contributed by atoms with E-state index in [4.69, 9.17) is 19.5 Å². The Labute approximate surface area is 286 Å². The zero-order valence-corrected chi connectivity index (χ0v) is 24.3. The molecule has 0 saturated carbocycles. The first-order chi connectivity index (χ1) is 28.2. The normalized spacial score (nSPS) is 15.5. The third-order valence-electron chi connectivity index (χ3n) is 8.47. The van der Waals surface area contributed by atoms with Crippen LogP contribution in [-0.2, 0) is 6.42 Å². The van der Waals surface area contributed by atoms with Crippen LogP contribution in [0.5, 0.6) is 0 Å². The van der Waals surface area contributed by atoms with Gasteiger partial charge in [0.15, 0.2) is 0 Å². The second-order valence-electron chi connectivity index (χ2n) is 11.1. The van der Waals surface area contributed by atoms with E-state index in [0.717, 1.165) is 38.6 Å². The lowest BCUT2D eigenvalue weighted by Crippen LogP contribution is -1.95. The molecule has 0 bridgehead atoms. The SMILES string of the molecule is [2H]c1c([2H])c([2H])c(Cc2c3c([2H])c([2H])c([2H])c([2H])c3c(-c3ccc(-c4ccc5c(c4)oc4c(-c6ccccc6)cccc45)cc3)c3c([2H])c([2H])c([2H])c([2H])c23)c([2H])c1[2H]. The van der Waals surface area contributed by atoms with Crippen LogP contribution in [0.25, 0.3) is 76.9 Å². The summed E-state index contributed by atoms with van der Waals surface area (Å²) >= 11 is 0. The monoisotopic (exact) mass is 599 g/mol. The summed E-state index contributed by atoms with van der Waals surface area (Å²) in [5.74, 6) is 0. The smallest absolute Gasteiger partial charge is 0.143 e. The van der Waals surface area contributed by atoms with E-state index in [9.17, 15) is 2.74 Å². The Hall–Kier alpha value is -5.92. The highest BCUT2D eigenvalue weighted by atomic mass is 16.3. The van der Waals surface area contributed by atoms with Crippen LogP contribution >= 0.6 is 0 Å². The molecule has 9 aromatic rings. The Kier molecular flexibility index (Phi) is 3.89. The number of para-hydroxylation sites is 1. The van der Waals surface area contributed by atoms with Crippen molar-refractivity contribution in [1.29, 1.82) is 0 Å². The molecular formula is C45H30O. The van der Waals surface area contributed by atoms with Crippen LogP contribution in [0.4, 0.5) is 0 Å². The number of hydrogen-bond donors (Lipinski definition) is 0. The molecule has 0 fully saturated rings. The minimum absolute atomic E-state index is 0.0116. The molecule has 9 rings (SSSR count). The average Bonchev–Trinajstić information content (AvgIpc) is 3.64. The molecule has 0 unspecified atom stereocenters. The Morgan fingerprint density at radius 2 is 1.09 bits per heavy atom. The fourth-order valence-electron chi connectivity index (χ4n) is 6.36. The van der Waals surface area contributed by atoms with Gasteiger partial charge in [-0.3, -0.25) is 0 Å². The van der Waals surface area contributed by atoms with Crippen LogP contribution in [0.3, 0.4) is 0 Å². The average molecular weight is 600 g/mol. The first-order valence-electron chi connectivity index (χ1n) is 21.3. The van der Waals surface area contributed by atoms with E-state index in [1.807, 2.05) is 78.9 Å². The van der Waals surface area contributed by atoms with Gasteiger partial charge in [0, 0.05) is 16.3 Å². The maximum atomic E-state index is 9.19. The molecule has 0 N–H and O–H groups in total. The van der Waals surface area contributed by atoms with Crippen LogP contribution in [0.15, 0.2) is 174 Å². The Morgan fingerprint density at radius 1 is 0.457 bits per heavy atom. The topological polar surface area (TPSA) is 13.1 Å². The predicted octanol–water partition coefficient (Wildman–Crippen LogP) is 12.5. The molecule has 0 radical (unpaired) electrons. The van der Waals surface area contributed by atoms with Crippen molar-refractivity contribution in [3.05, 3.63) is 181 Å². The number of fused-ring (bicyclic) bond motifs is 5. The van der Waals surface area contributed by atoms with Gasteiger partial charge < -0.3 is 4.42 Å². The summed E-state index contributed by atoms with van der Waals surface area (Å²) in [6, 6.07) is 22.0. The fraction of sp³-hybridized carbons (Fsp3) is 0.0222. The molecule has 0 aliphatic carbocycles. The minimum atomic E-state index is -0.615. The van der Waals surface area contributed by atoms with Gasteiger partial charge in [-0.05, 0) is 79.0 Å². The lowest BCUT2D eigenvalue weighted by Gasteiger charge is -2.18. The maximum Gasteiger partial charge on any atom is 0.143 e. The summed E-state index contributed by atoms with van der Waals surface area (Å²) in [6.07, 6.45) is -0.483. The third kappa shape index (κ3) is 4.40. The molecule has 0 atom stereocenters. The standard InChI is InChI=1S/C45H30O/c1-3-12-30(13-4-1)28-42-36-16-7-9-18-39(36)44(40-19-10-8-17-37(40)42)33-24-22-31(23-25-33)34-26-27-38-41-21-11-20-35(32-14-5-2-6-15-32)45(41)46-43(38)29-34/h1-27,29H,28H2/i1D,3D,4D,7D,8D,9D,10D,12D,13D,16D,17D,18D,19D. The van der Waals surface area contributed by atoms with Gasteiger partial charge in [0.2, 0.25) is 0 Å². The van der Waals surface area contributed by atoms with Crippen LogP contribution < -0.4 is 0 Å². The summed E-state index contributed by atoms with van der Waals surface area (Å²) in [5, 5.41) is 1.71. The van der Waals surface area contributed by atoms with Gasteiger partial charge in [0.25, 0.3) is 0 Å². The molecule has 216 valence electrons. The summed E-state index contributed by atoms with van der Waals surface area (Å²) in [5.41, 5.74) is 5.43. The molecule has 1 heteroatoms. The van der Waals surface area contributed by atoms with Crippen molar-refractivity contribution in [3.63, 3.8) is 0 Å². The number of hydrogen-bond acceptors (Lipinski definition) is 1. The molecular weight excluding hydrogens is 556 g/mol. The summed E-state index contributed by atoms with van der Waals surface area (Å²) in [4.78, 5) is 0. The van der Waals surface area contributed by atoms with Gasteiger partial charge in [0.1, 0.15) is 11.2 Å². The lowest BCUT2D eigenvalue weighted by atomic mass is 9.86. The van der Waals surface area contributed by atoms with E-state index in [-0.39, 0.29) is 38.2 Å². The van der Waals surface area contributed by atoms with E-state index in [2.05, 4.69) is 0 Å². The van der Waals surface area contributed by atoms with Gasteiger partial charge >= 0.3 is 0 Å². The van der Waals surface area contributed by atoms with Crippen molar-refractivity contribution < 1.29 is 22.2 Å². The fourth-order valence-corrected chi connectivity index (χ4v) is 6.36. The van der Waals surface area contributed by atoms with Crippen molar-refractivity contribution >= 4 is 43.5 Å². The molecule has 1 heterocycles. The Bertz CT molecular complexity index is 3160. The molecule has 0 aliphatic rings. The first kappa shape index (κ1) is 16.4. The van der Waals surface area contributed by atoms with Gasteiger partial charge in [-0.15, -0.1) is 0 Å². The largest absolute Gasteiger partial charge is 0.455 e. The maximum absolute atomic E-state index is 9.19. The van der Waals surface area contributed by atoms with Crippen LogP contribution in [0.2, 0.25) is 0 Å². The Balaban J connectivity index is 1.28. The third-order valence-corrected chi connectivity index (χ3v) is 8.47. The molecule has 46 heavy (non-hydrogen) atoms. The van der Waals surface area contributed by atoms with Gasteiger partial charge in [-0.1, -0.05) is 157 Å².